The second kappa shape index (κ2) is 11.8. The number of benzene rings is 3. The van der Waals surface area contributed by atoms with E-state index in [0.29, 0.717) is 29.3 Å². The van der Waals surface area contributed by atoms with Gasteiger partial charge >= 0.3 is 0 Å². The summed E-state index contributed by atoms with van der Waals surface area (Å²) < 4.78 is 16.3. The fraction of sp³-hybridized carbons (Fsp3) is 0.455. The van der Waals surface area contributed by atoms with Gasteiger partial charge in [0.2, 0.25) is 0 Å². The van der Waals surface area contributed by atoms with Gasteiger partial charge in [0.1, 0.15) is 11.5 Å². The molecule has 4 nitrogen and oxygen atoms in total. The normalized spacial score (nSPS) is 19.9. The molecule has 200 valence electrons. The van der Waals surface area contributed by atoms with Crippen LogP contribution in [0, 0.1) is 18.7 Å². The Labute approximate surface area is 227 Å². The Morgan fingerprint density at radius 2 is 1.82 bits per heavy atom. The molecule has 5 heteroatoms. The predicted octanol–water partition coefficient (Wildman–Crippen LogP) is 7.69. The van der Waals surface area contributed by atoms with Crippen molar-refractivity contribution < 1.29 is 4.39 Å². The number of hydrogen-bond donors (Lipinski definition) is 1. The predicted molar refractivity (Wildman–Crippen MR) is 160 cm³/mol. The first-order valence-corrected chi connectivity index (χ1v) is 14.3. The van der Waals surface area contributed by atoms with Gasteiger partial charge in [-0.3, -0.25) is 9.98 Å². The molecule has 0 saturated carbocycles. The Hall–Kier alpha value is -3.05. The zero-order chi connectivity index (χ0) is 26.6. The fourth-order valence-electron chi connectivity index (χ4n) is 6.15. The van der Waals surface area contributed by atoms with E-state index in [4.69, 9.17) is 4.99 Å². The summed E-state index contributed by atoms with van der Waals surface area (Å²) in [5.41, 5.74) is 3.60. The molecule has 3 fully saturated rings. The molecule has 3 aliphatic heterocycles. The van der Waals surface area contributed by atoms with E-state index < -0.39 is 0 Å². The molecule has 0 aromatic heterocycles. The SMILES string of the molecule is C=Nc1c(C(=NCCCC(C)CCCC)N2CC3CC(C2)N3)ccc(-c2cc(C)cc3ccccc23)c1F. The third kappa shape index (κ3) is 5.54. The Morgan fingerprint density at radius 1 is 1.08 bits per heavy atom. The van der Waals surface area contributed by atoms with Crippen LogP contribution in [0.4, 0.5) is 10.1 Å². The smallest absolute Gasteiger partial charge is 0.157 e. The molecule has 0 radical (unpaired) electrons. The number of nitrogens with zero attached hydrogens (tertiary/aromatic N) is 3. The van der Waals surface area contributed by atoms with Gasteiger partial charge in [0.15, 0.2) is 5.82 Å². The largest absolute Gasteiger partial charge is 0.353 e. The summed E-state index contributed by atoms with van der Waals surface area (Å²) in [5.74, 6) is 1.26. The standard InChI is InChI=1S/C33H41FN4/c1-5-6-10-22(2)11-9-16-36-33(38-20-25-19-26(21-38)37-25)29-15-14-28(31(34)32(29)35-4)30-18-23(3)17-24-12-7-8-13-27(24)30/h7-8,12-15,17-18,22,25-26,37H,4-6,9-11,16,19-21H2,1-3H3. The van der Waals surface area contributed by atoms with Crippen LogP contribution in [0.3, 0.4) is 0 Å². The van der Waals surface area contributed by atoms with Gasteiger partial charge in [0.05, 0.1) is 0 Å². The lowest BCUT2D eigenvalue weighted by molar-refractivity contribution is 0.128. The van der Waals surface area contributed by atoms with Crippen molar-refractivity contribution in [2.24, 2.45) is 15.9 Å². The number of piperazine rings is 1. The van der Waals surface area contributed by atoms with Gasteiger partial charge in [0, 0.05) is 42.8 Å². The number of hydrogen-bond acceptors (Lipinski definition) is 3. The minimum atomic E-state index is -0.325. The number of nitrogens with one attached hydrogen (secondary N) is 1. The highest BCUT2D eigenvalue weighted by atomic mass is 19.1. The second-order valence-electron chi connectivity index (χ2n) is 11.3. The van der Waals surface area contributed by atoms with Crippen LogP contribution < -0.4 is 5.32 Å². The Kier molecular flexibility index (Phi) is 8.23. The quantitative estimate of drug-likeness (QED) is 0.172. The lowest BCUT2D eigenvalue weighted by Crippen LogP contribution is -2.67. The molecule has 38 heavy (non-hydrogen) atoms. The third-order valence-corrected chi connectivity index (χ3v) is 8.20. The van der Waals surface area contributed by atoms with Gasteiger partial charge in [-0.05, 0) is 66.8 Å². The third-order valence-electron chi connectivity index (χ3n) is 8.20. The lowest BCUT2D eigenvalue weighted by Gasteiger charge is -2.49. The monoisotopic (exact) mass is 512 g/mol. The first-order chi connectivity index (χ1) is 18.5. The number of unbranched alkanes of at least 4 members (excludes halogenated alkanes) is 1. The number of piperidine rings is 1. The van der Waals surface area contributed by atoms with E-state index >= 15 is 4.39 Å². The van der Waals surface area contributed by atoms with Crippen LogP contribution >= 0.6 is 0 Å². The number of rotatable bonds is 10. The van der Waals surface area contributed by atoms with Gasteiger partial charge in [-0.2, -0.15) is 0 Å². The van der Waals surface area contributed by atoms with Crippen molar-refractivity contribution in [1.29, 1.82) is 0 Å². The molecule has 3 aromatic carbocycles. The van der Waals surface area contributed by atoms with E-state index in [0.717, 1.165) is 59.4 Å². The molecular formula is C33H41FN4. The van der Waals surface area contributed by atoms with Crippen LogP contribution in [-0.2, 0) is 0 Å². The summed E-state index contributed by atoms with van der Waals surface area (Å²) in [5, 5.41) is 5.74. The lowest BCUT2D eigenvalue weighted by atomic mass is 9.90. The van der Waals surface area contributed by atoms with E-state index in [1.807, 2.05) is 24.3 Å². The van der Waals surface area contributed by atoms with Crippen molar-refractivity contribution in [3.63, 3.8) is 0 Å². The van der Waals surface area contributed by atoms with E-state index in [-0.39, 0.29) is 5.82 Å². The number of fused-ring (bicyclic) bond motifs is 3. The van der Waals surface area contributed by atoms with Crippen molar-refractivity contribution in [2.45, 2.75) is 71.4 Å². The van der Waals surface area contributed by atoms with Crippen molar-refractivity contribution in [2.75, 3.05) is 19.6 Å². The summed E-state index contributed by atoms with van der Waals surface area (Å²) in [6.07, 6.45) is 7.23. The highest BCUT2D eigenvalue weighted by molar-refractivity contribution is 6.05. The van der Waals surface area contributed by atoms with E-state index in [2.05, 4.69) is 67.0 Å². The number of halogens is 1. The van der Waals surface area contributed by atoms with Crippen LogP contribution in [-0.4, -0.2) is 49.2 Å². The highest BCUT2D eigenvalue weighted by Gasteiger charge is 2.38. The first-order valence-electron chi connectivity index (χ1n) is 14.3. The average Bonchev–Trinajstić information content (AvgIpc) is 2.91. The maximum atomic E-state index is 16.3. The Bertz CT molecular complexity index is 1310. The highest BCUT2D eigenvalue weighted by Crippen LogP contribution is 2.38. The van der Waals surface area contributed by atoms with Gasteiger partial charge in [-0.15, -0.1) is 0 Å². The van der Waals surface area contributed by atoms with Gasteiger partial charge < -0.3 is 10.2 Å². The van der Waals surface area contributed by atoms with Crippen LogP contribution in [0.2, 0.25) is 0 Å². The molecule has 3 atom stereocenters. The number of aliphatic imine (C=N–C) groups is 2. The van der Waals surface area contributed by atoms with E-state index in [1.165, 1.54) is 32.1 Å². The molecule has 1 N–H and O–H groups in total. The molecule has 3 aromatic rings. The summed E-state index contributed by atoms with van der Waals surface area (Å²) in [4.78, 5) is 11.7. The van der Waals surface area contributed by atoms with Crippen molar-refractivity contribution >= 4 is 29.0 Å². The molecule has 0 spiro atoms. The fourth-order valence-corrected chi connectivity index (χ4v) is 6.15. The summed E-state index contributed by atoms with van der Waals surface area (Å²) in [6, 6.07) is 17.2. The number of aryl methyl sites for hydroxylation is 1. The second-order valence-corrected chi connectivity index (χ2v) is 11.3. The molecule has 3 saturated heterocycles. The maximum Gasteiger partial charge on any atom is 0.157 e. The molecule has 3 heterocycles. The topological polar surface area (TPSA) is 40.0 Å². The molecule has 3 unspecified atom stereocenters. The van der Waals surface area contributed by atoms with Crippen molar-refractivity contribution in [3.05, 3.63) is 65.5 Å². The summed E-state index contributed by atoms with van der Waals surface area (Å²) >= 11 is 0. The molecule has 2 bridgehead atoms. The zero-order valence-electron chi connectivity index (χ0n) is 23.1. The molecular weight excluding hydrogens is 471 g/mol. The van der Waals surface area contributed by atoms with Crippen LogP contribution in [0.15, 0.2) is 58.5 Å². The average molecular weight is 513 g/mol. The Morgan fingerprint density at radius 3 is 2.55 bits per heavy atom. The van der Waals surface area contributed by atoms with Crippen molar-refractivity contribution in [1.82, 2.24) is 10.2 Å². The number of amidine groups is 1. The van der Waals surface area contributed by atoms with Crippen LogP contribution in [0.5, 0.6) is 0 Å². The van der Waals surface area contributed by atoms with Gasteiger partial charge in [-0.1, -0.05) is 75.6 Å². The first kappa shape index (κ1) is 26.6. The minimum absolute atomic E-state index is 0.301. The van der Waals surface area contributed by atoms with E-state index in [9.17, 15) is 0 Å². The van der Waals surface area contributed by atoms with Crippen LogP contribution in [0.25, 0.3) is 21.9 Å². The molecule has 6 rings (SSSR count). The summed E-state index contributed by atoms with van der Waals surface area (Å²) in [7, 11) is 0. The molecule has 0 amide bonds. The minimum Gasteiger partial charge on any atom is -0.353 e. The van der Waals surface area contributed by atoms with Gasteiger partial charge in [0.25, 0.3) is 0 Å². The maximum absolute atomic E-state index is 16.3. The van der Waals surface area contributed by atoms with Crippen LogP contribution in [0.1, 0.15) is 63.5 Å². The molecule has 0 aliphatic carbocycles. The van der Waals surface area contributed by atoms with Gasteiger partial charge in [-0.25, -0.2) is 4.39 Å². The molecule has 3 aliphatic rings. The van der Waals surface area contributed by atoms with E-state index in [1.54, 1.807) is 0 Å². The summed E-state index contributed by atoms with van der Waals surface area (Å²) in [6.45, 7) is 13.0. The zero-order valence-corrected chi connectivity index (χ0v) is 23.1. The Balaban J connectivity index is 1.49. The van der Waals surface area contributed by atoms with Crippen molar-refractivity contribution in [3.8, 4) is 11.1 Å².